The summed E-state index contributed by atoms with van der Waals surface area (Å²) in [5.74, 6) is 1.27. The summed E-state index contributed by atoms with van der Waals surface area (Å²) in [7, 11) is 1.70. The minimum atomic E-state index is 0.00154. The van der Waals surface area contributed by atoms with Crippen LogP contribution in [0, 0.1) is 11.3 Å². The van der Waals surface area contributed by atoms with Crippen LogP contribution in [0.4, 0.5) is 10.6 Å². The highest BCUT2D eigenvalue weighted by molar-refractivity contribution is 5.89. The second-order valence-electron chi connectivity index (χ2n) is 7.93. The molecule has 4 rings (SSSR count). The van der Waals surface area contributed by atoms with Crippen LogP contribution in [0.2, 0.25) is 0 Å². The van der Waals surface area contributed by atoms with E-state index < -0.39 is 0 Å². The average molecular weight is 359 g/mol. The number of hydrogen-bond acceptors (Lipinski definition) is 4. The van der Waals surface area contributed by atoms with Crippen molar-refractivity contribution < 1.29 is 14.3 Å². The molecule has 0 aromatic carbocycles. The van der Waals surface area contributed by atoms with Crippen LogP contribution in [0.25, 0.3) is 0 Å². The summed E-state index contributed by atoms with van der Waals surface area (Å²) in [6.07, 6.45) is 8.35. The standard InChI is InChI=1S/C20H29N3O3/c1-25-10-6-15-5-9-21-18(13-15)22-19(24)23-14-20(7-11-26-12-8-20)16-3-2-4-17(16)23/h5,9,13,16-17H,2-4,6-8,10-12,14H2,1H3,(H,21,22,24)/t16-,17+/m1/s1. The Morgan fingerprint density at radius 1 is 1.42 bits per heavy atom. The van der Waals surface area contributed by atoms with Gasteiger partial charge >= 0.3 is 6.03 Å². The summed E-state index contributed by atoms with van der Waals surface area (Å²) >= 11 is 0. The minimum Gasteiger partial charge on any atom is -0.384 e. The van der Waals surface area contributed by atoms with Gasteiger partial charge < -0.3 is 14.4 Å². The highest BCUT2D eigenvalue weighted by Crippen LogP contribution is 2.53. The number of amides is 2. The van der Waals surface area contributed by atoms with Crippen LogP contribution >= 0.6 is 0 Å². The molecule has 2 atom stereocenters. The van der Waals surface area contributed by atoms with Crippen LogP contribution in [-0.4, -0.2) is 55.4 Å². The van der Waals surface area contributed by atoms with E-state index in [1.165, 1.54) is 12.8 Å². The van der Waals surface area contributed by atoms with E-state index in [2.05, 4.69) is 15.2 Å². The maximum absolute atomic E-state index is 13.0. The quantitative estimate of drug-likeness (QED) is 0.897. The first kappa shape index (κ1) is 17.7. The molecule has 2 aliphatic heterocycles. The zero-order valence-electron chi connectivity index (χ0n) is 15.6. The minimum absolute atomic E-state index is 0.00154. The number of rotatable bonds is 4. The molecule has 3 heterocycles. The summed E-state index contributed by atoms with van der Waals surface area (Å²) in [4.78, 5) is 19.4. The molecule has 3 fully saturated rings. The van der Waals surface area contributed by atoms with Crippen LogP contribution in [0.3, 0.4) is 0 Å². The van der Waals surface area contributed by atoms with Gasteiger partial charge in [-0.15, -0.1) is 0 Å². The van der Waals surface area contributed by atoms with Gasteiger partial charge in [0.25, 0.3) is 0 Å². The number of nitrogens with one attached hydrogen (secondary N) is 1. The molecule has 6 nitrogen and oxygen atoms in total. The molecule has 2 amide bonds. The summed E-state index contributed by atoms with van der Waals surface area (Å²) in [6.45, 7) is 3.20. The number of carbonyl (C=O) groups is 1. The zero-order chi connectivity index (χ0) is 18.0. The Kier molecular flexibility index (Phi) is 5.14. The van der Waals surface area contributed by atoms with Gasteiger partial charge in [-0.25, -0.2) is 9.78 Å². The highest BCUT2D eigenvalue weighted by Gasteiger charge is 2.55. The van der Waals surface area contributed by atoms with E-state index in [1.54, 1.807) is 13.3 Å². The fraction of sp³-hybridized carbons (Fsp3) is 0.700. The lowest BCUT2D eigenvalue weighted by molar-refractivity contribution is -0.000304. The molecule has 6 heteroatoms. The number of likely N-dealkylation sites (tertiary alicyclic amines) is 1. The van der Waals surface area contributed by atoms with Gasteiger partial charge in [-0.05, 0) is 61.1 Å². The molecule has 1 aliphatic carbocycles. The van der Waals surface area contributed by atoms with Crippen LogP contribution in [0.15, 0.2) is 18.3 Å². The van der Waals surface area contributed by atoms with E-state index in [0.717, 1.165) is 51.0 Å². The zero-order valence-corrected chi connectivity index (χ0v) is 15.6. The summed E-state index contributed by atoms with van der Waals surface area (Å²) in [5, 5.41) is 3.04. The number of aromatic nitrogens is 1. The maximum Gasteiger partial charge on any atom is 0.323 e. The van der Waals surface area contributed by atoms with E-state index in [-0.39, 0.29) is 11.4 Å². The number of urea groups is 1. The Bertz CT molecular complexity index is 645. The Labute approximate surface area is 155 Å². The van der Waals surface area contributed by atoms with Gasteiger partial charge in [-0.1, -0.05) is 6.42 Å². The molecular formula is C20H29N3O3. The molecule has 1 aromatic rings. The van der Waals surface area contributed by atoms with E-state index in [0.29, 0.717) is 24.4 Å². The summed E-state index contributed by atoms with van der Waals surface area (Å²) < 4.78 is 10.7. The fourth-order valence-electron chi connectivity index (χ4n) is 5.23. The molecule has 0 bridgehead atoms. The lowest BCUT2D eigenvalue weighted by Gasteiger charge is -2.37. The average Bonchev–Trinajstić information content (AvgIpc) is 3.25. The molecule has 0 unspecified atom stereocenters. The van der Waals surface area contributed by atoms with Crippen molar-refractivity contribution in [3.63, 3.8) is 0 Å². The Hall–Kier alpha value is -1.66. The number of hydrogen-bond donors (Lipinski definition) is 1. The first-order valence-corrected chi connectivity index (χ1v) is 9.81. The summed E-state index contributed by atoms with van der Waals surface area (Å²) in [5.41, 5.74) is 1.39. The van der Waals surface area contributed by atoms with Gasteiger partial charge in [-0.3, -0.25) is 5.32 Å². The SMILES string of the molecule is COCCc1ccnc(NC(=O)N2CC3(CCOCC3)[C@@H]3CCC[C@@H]32)c1. The van der Waals surface area contributed by atoms with Crippen molar-refractivity contribution >= 4 is 11.8 Å². The van der Waals surface area contributed by atoms with Crippen molar-refractivity contribution in [2.75, 3.05) is 38.8 Å². The Morgan fingerprint density at radius 3 is 3.08 bits per heavy atom. The van der Waals surface area contributed by atoms with Crippen molar-refractivity contribution in [2.24, 2.45) is 11.3 Å². The van der Waals surface area contributed by atoms with E-state index >= 15 is 0 Å². The number of pyridine rings is 1. The van der Waals surface area contributed by atoms with Gasteiger partial charge in [0.1, 0.15) is 5.82 Å². The van der Waals surface area contributed by atoms with Gasteiger partial charge in [0.2, 0.25) is 0 Å². The van der Waals surface area contributed by atoms with Gasteiger partial charge in [0, 0.05) is 39.1 Å². The number of nitrogens with zero attached hydrogens (tertiary/aromatic N) is 2. The molecule has 2 saturated heterocycles. The second kappa shape index (κ2) is 7.53. The third kappa shape index (κ3) is 3.32. The molecule has 1 spiro atoms. The Morgan fingerprint density at radius 2 is 2.27 bits per heavy atom. The number of carbonyl (C=O) groups excluding carboxylic acids is 1. The van der Waals surface area contributed by atoms with Crippen LogP contribution < -0.4 is 5.32 Å². The van der Waals surface area contributed by atoms with Gasteiger partial charge in [0.05, 0.1) is 6.61 Å². The number of ether oxygens (including phenoxy) is 2. The third-order valence-electron chi connectivity index (χ3n) is 6.56. The molecule has 1 saturated carbocycles. The molecule has 1 N–H and O–H groups in total. The number of methoxy groups -OCH3 is 1. The van der Waals surface area contributed by atoms with Crippen molar-refractivity contribution in [3.8, 4) is 0 Å². The maximum atomic E-state index is 13.0. The highest BCUT2D eigenvalue weighted by atomic mass is 16.5. The molecular weight excluding hydrogens is 330 g/mol. The molecule has 142 valence electrons. The largest absolute Gasteiger partial charge is 0.384 e. The monoisotopic (exact) mass is 359 g/mol. The molecule has 26 heavy (non-hydrogen) atoms. The van der Waals surface area contributed by atoms with E-state index in [9.17, 15) is 4.79 Å². The number of fused-ring (bicyclic) bond motifs is 2. The van der Waals surface area contributed by atoms with Crippen molar-refractivity contribution in [1.29, 1.82) is 0 Å². The molecule has 3 aliphatic rings. The van der Waals surface area contributed by atoms with E-state index in [1.807, 2.05) is 12.1 Å². The van der Waals surface area contributed by atoms with Crippen LogP contribution in [0.5, 0.6) is 0 Å². The lowest BCUT2D eigenvalue weighted by Crippen LogP contribution is -2.40. The third-order valence-corrected chi connectivity index (χ3v) is 6.56. The van der Waals surface area contributed by atoms with Crippen molar-refractivity contribution in [2.45, 2.75) is 44.6 Å². The summed E-state index contributed by atoms with van der Waals surface area (Å²) in [6, 6.07) is 4.30. The lowest BCUT2D eigenvalue weighted by atomic mass is 9.71. The predicted molar refractivity (Wildman–Crippen MR) is 99.2 cm³/mol. The smallest absolute Gasteiger partial charge is 0.323 e. The van der Waals surface area contributed by atoms with Crippen LogP contribution in [0.1, 0.15) is 37.7 Å². The first-order chi connectivity index (χ1) is 12.7. The van der Waals surface area contributed by atoms with Crippen LogP contribution in [-0.2, 0) is 15.9 Å². The second-order valence-corrected chi connectivity index (χ2v) is 7.93. The normalized spacial score (nSPS) is 26.9. The fourth-order valence-corrected chi connectivity index (χ4v) is 5.23. The van der Waals surface area contributed by atoms with Crippen molar-refractivity contribution in [3.05, 3.63) is 23.9 Å². The van der Waals surface area contributed by atoms with Gasteiger partial charge in [-0.2, -0.15) is 0 Å². The predicted octanol–water partition coefficient (Wildman–Crippen LogP) is 3.08. The Balaban J connectivity index is 1.46. The molecule has 1 aromatic heterocycles. The topological polar surface area (TPSA) is 63.7 Å². The van der Waals surface area contributed by atoms with Crippen molar-refractivity contribution in [1.82, 2.24) is 9.88 Å². The number of anilines is 1. The van der Waals surface area contributed by atoms with E-state index in [4.69, 9.17) is 9.47 Å². The van der Waals surface area contributed by atoms with Gasteiger partial charge in [0.15, 0.2) is 0 Å². The molecule has 0 radical (unpaired) electrons. The first-order valence-electron chi connectivity index (χ1n) is 9.81.